The highest BCUT2D eigenvalue weighted by Crippen LogP contribution is 2.37. The molecule has 40 heavy (non-hydrogen) atoms. The molecule has 0 saturated carbocycles. The average Bonchev–Trinajstić information content (AvgIpc) is 3.24. The van der Waals surface area contributed by atoms with Gasteiger partial charge in [-0.2, -0.15) is 13.2 Å². The Labute approximate surface area is 227 Å². The van der Waals surface area contributed by atoms with Gasteiger partial charge in [0.25, 0.3) is 5.91 Å². The number of carbonyl (C=O) groups is 2. The monoisotopic (exact) mass is 577 g/mol. The van der Waals surface area contributed by atoms with Crippen LogP contribution >= 0.6 is 11.6 Å². The van der Waals surface area contributed by atoms with E-state index in [0.717, 1.165) is 12.1 Å². The summed E-state index contributed by atoms with van der Waals surface area (Å²) in [6.45, 7) is -0.504. The number of alkyl halides is 3. The number of rotatable bonds is 6. The number of fused-ring (bicyclic) bond motifs is 1. The first-order chi connectivity index (χ1) is 19.0. The van der Waals surface area contributed by atoms with Crippen LogP contribution in [-0.4, -0.2) is 26.3 Å². The molecule has 0 fully saturated rings. The molecule has 3 heterocycles. The third kappa shape index (κ3) is 5.59. The van der Waals surface area contributed by atoms with E-state index in [1.807, 2.05) is 0 Å². The normalized spacial score (nSPS) is 14.8. The molecule has 1 aliphatic rings. The molecule has 2 N–H and O–H groups in total. The van der Waals surface area contributed by atoms with Gasteiger partial charge in [-0.1, -0.05) is 17.7 Å². The van der Waals surface area contributed by atoms with Crippen molar-refractivity contribution in [2.24, 2.45) is 0 Å². The Kier molecular flexibility index (Phi) is 7.15. The molecule has 4 aromatic rings. The fourth-order valence-electron chi connectivity index (χ4n) is 4.20. The molecule has 8 nitrogen and oxygen atoms in total. The Morgan fingerprint density at radius 2 is 1.93 bits per heavy atom. The molecule has 0 radical (unpaired) electrons. The van der Waals surface area contributed by atoms with Gasteiger partial charge >= 0.3 is 6.18 Å². The maximum Gasteiger partial charge on any atom is 0.416 e. The van der Waals surface area contributed by atoms with Crippen molar-refractivity contribution in [2.75, 3.05) is 5.32 Å². The van der Waals surface area contributed by atoms with Crippen molar-refractivity contribution in [1.29, 1.82) is 0 Å². The molecule has 0 bridgehead atoms. The number of benzene rings is 2. The van der Waals surface area contributed by atoms with E-state index in [-0.39, 0.29) is 53.0 Å². The Morgan fingerprint density at radius 1 is 1.12 bits per heavy atom. The van der Waals surface area contributed by atoms with Crippen LogP contribution in [0.5, 0.6) is 5.88 Å². The molecule has 206 valence electrons. The third-order valence-electron chi connectivity index (χ3n) is 5.94. The first-order valence-corrected chi connectivity index (χ1v) is 11.9. The van der Waals surface area contributed by atoms with Crippen molar-refractivity contribution in [3.05, 3.63) is 106 Å². The third-order valence-corrected chi connectivity index (χ3v) is 6.29. The minimum absolute atomic E-state index is 0.0878. The molecular formula is C26H17ClF5N5O3. The van der Waals surface area contributed by atoms with Crippen molar-refractivity contribution in [1.82, 2.24) is 19.9 Å². The van der Waals surface area contributed by atoms with E-state index in [2.05, 4.69) is 20.6 Å². The zero-order chi connectivity index (χ0) is 28.6. The topological polar surface area (TPSA) is 98.1 Å². The van der Waals surface area contributed by atoms with Crippen LogP contribution in [0.2, 0.25) is 5.02 Å². The summed E-state index contributed by atoms with van der Waals surface area (Å²) in [5.41, 5.74) is -1.70. The highest BCUT2D eigenvalue weighted by Gasteiger charge is 2.35. The summed E-state index contributed by atoms with van der Waals surface area (Å²) in [5, 5.41) is 5.15. The van der Waals surface area contributed by atoms with Crippen molar-refractivity contribution >= 4 is 29.2 Å². The van der Waals surface area contributed by atoms with Gasteiger partial charge in [-0.05, 0) is 42.5 Å². The lowest BCUT2D eigenvalue weighted by molar-refractivity contribution is -0.137. The summed E-state index contributed by atoms with van der Waals surface area (Å²) >= 11 is 6.31. The van der Waals surface area contributed by atoms with Gasteiger partial charge in [-0.3, -0.25) is 9.59 Å². The van der Waals surface area contributed by atoms with Gasteiger partial charge in [0, 0.05) is 28.4 Å². The van der Waals surface area contributed by atoms with Crippen LogP contribution in [0.4, 0.5) is 27.8 Å². The van der Waals surface area contributed by atoms with Crippen LogP contribution in [0, 0.1) is 11.6 Å². The van der Waals surface area contributed by atoms with Gasteiger partial charge in [0.05, 0.1) is 17.3 Å². The average molecular weight is 578 g/mol. The number of halogens is 6. The molecule has 1 unspecified atom stereocenters. The second kappa shape index (κ2) is 10.6. The highest BCUT2D eigenvalue weighted by atomic mass is 35.5. The van der Waals surface area contributed by atoms with Crippen LogP contribution in [0.3, 0.4) is 0 Å². The second-order valence-corrected chi connectivity index (χ2v) is 9.06. The number of carbonyl (C=O) groups excluding carboxylic acids is 2. The van der Waals surface area contributed by atoms with Gasteiger partial charge in [-0.25, -0.2) is 18.7 Å². The molecule has 0 aliphatic carbocycles. The number of nitrogens with one attached hydrogen (secondary N) is 2. The lowest BCUT2D eigenvalue weighted by Gasteiger charge is -2.28. The highest BCUT2D eigenvalue weighted by molar-refractivity contribution is 6.31. The fraction of sp³-hybridized carbons (Fsp3) is 0.154. The summed E-state index contributed by atoms with van der Waals surface area (Å²) in [7, 11) is 0. The van der Waals surface area contributed by atoms with Crippen molar-refractivity contribution in [3.63, 3.8) is 0 Å². The molecule has 2 aromatic heterocycles. The first kappa shape index (κ1) is 27.1. The van der Waals surface area contributed by atoms with E-state index in [1.165, 1.54) is 16.8 Å². The summed E-state index contributed by atoms with van der Waals surface area (Å²) in [4.78, 5) is 34.1. The summed E-state index contributed by atoms with van der Waals surface area (Å²) in [5.74, 6) is -3.35. The fourth-order valence-corrected chi connectivity index (χ4v) is 4.43. The van der Waals surface area contributed by atoms with E-state index in [0.29, 0.717) is 12.1 Å². The van der Waals surface area contributed by atoms with E-state index in [1.54, 1.807) is 18.2 Å². The number of hydrogen-bond acceptors (Lipinski definition) is 5. The van der Waals surface area contributed by atoms with E-state index in [4.69, 9.17) is 16.3 Å². The molecule has 2 aromatic carbocycles. The molecule has 1 atom stereocenters. The minimum atomic E-state index is -4.90. The molecule has 1 aliphatic heterocycles. The smallest absolute Gasteiger partial charge is 0.416 e. The standard InChI is InChI=1S/C26H17ClF5N5O3/c27-18-5-4-15(28)10-17(18)22-23-24(36-25(39)13-7-14(26(30,31)32)9-16(29)8-13)34-19(37(23)11-20(38)35-22)12-40-21-3-1-2-6-33-21/h1-10,22H,11-12H2,(H,35,38)(H,36,39). The van der Waals surface area contributed by atoms with Gasteiger partial charge in [-0.15, -0.1) is 0 Å². The largest absolute Gasteiger partial charge is 0.469 e. The Morgan fingerprint density at radius 3 is 2.65 bits per heavy atom. The maximum atomic E-state index is 14.2. The Hall–Kier alpha value is -4.52. The molecule has 5 rings (SSSR count). The number of imidazole rings is 1. The predicted octanol–water partition coefficient (Wildman–Crippen LogP) is 5.28. The van der Waals surface area contributed by atoms with Gasteiger partial charge in [0.15, 0.2) is 5.82 Å². The van der Waals surface area contributed by atoms with Gasteiger partial charge < -0.3 is 19.9 Å². The van der Waals surface area contributed by atoms with Crippen molar-refractivity contribution in [3.8, 4) is 5.88 Å². The SMILES string of the molecule is O=C1Cn2c(COc3ccccn3)nc(NC(=O)c3cc(F)cc(C(F)(F)F)c3)c2C(c2cc(F)ccc2Cl)N1. The number of ether oxygens (including phenoxy) is 1. The predicted molar refractivity (Wildman–Crippen MR) is 132 cm³/mol. The van der Waals surface area contributed by atoms with Crippen molar-refractivity contribution < 1.29 is 36.3 Å². The zero-order valence-corrected chi connectivity index (χ0v) is 20.9. The molecule has 14 heteroatoms. The van der Waals surface area contributed by atoms with E-state index in [9.17, 15) is 31.5 Å². The summed E-state index contributed by atoms with van der Waals surface area (Å²) in [6.07, 6.45) is -3.41. The van der Waals surface area contributed by atoms with Crippen LogP contribution in [0.25, 0.3) is 0 Å². The Balaban J connectivity index is 1.58. The number of anilines is 1. The molecular weight excluding hydrogens is 561 g/mol. The van der Waals surface area contributed by atoms with E-state index < -0.39 is 46.8 Å². The summed E-state index contributed by atoms with van der Waals surface area (Å²) < 4.78 is 74.9. The maximum absolute atomic E-state index is 14.2. The number of pyridine rings is 1. The van der Waals surface area contributed by atoms with Crippen LogP contribution in [0.1, 0.15) is 39.0 Å². The lowest BCUT2D eigenvalue weighted by atomic mass is 10.0. The number of aromatic nitrogens is 3. The second-order valence-electron chi connectivity index (χ2n) is 8.65. The van der Waals surface area contributed by atoms with E-state index >= 15 is 0 Å². The van der Waals surface area contributed by atoms with Crippen molar-refractivity contribution in [2.45, 2.75) is 25.4 Å². The zero-order valence-electron chi connectivity index (χ0n) is 20.1. The summed E-state index contributed by atoms with van der Waals surface area (Å²) in [6, 6.07) is 8.70. The molecule has 0 spiro atoms. The van der Waals surface area contributed by atoms with Gasteiger partial charge in [0.2, 0.25) is 11.8 Å². The van der Waals surface area contributed by atoms with Crippen LogP contribution in [0.15, 0.2) is 60.8 Å². The quantitative estimate of drug-likeness (QED) is 0.304. The van der Waals surface area contributed by atoms with Crippen LogP contribution in [-0.2, 0) is 24.1 Å². The minimum Gasteiger partial charge on any atom is -0.469 e. The van der Waals surface area contributed by atoms with Gasteiger partial charge in [0.1, 0.15) is 30.6 Å². The number of amides is 2. The number of nitrogens with zero attached hydrogens (tertiary/aromatic N) is 3. The van der Waals surface area contributed by atoms with Crippen LogP contribution < -0.4 is 15.4 Å². The lowest BCUT2D eigenvalue weighted by Crippen LogP contribution is -2.40. The first-order valence-electron chi connectivity index (χ1n) is 11.6. The Bertz CT molecular complexity index is 1610. The molecule has 0 saturated heterocycles. The molecule has 2 amide bonds. The number of hydrogen-bond donors (Lipinski definition) is 2.